The second kappa shape index (κ2) is 6.47. The highest BCUT2D eigenvalue weighted by molar-refractivity contribution is 5.85. The van der Waals surface area contributed by atoms with Crippen LogP contribution >= 0.6 is 0 Å². The smallest absolute Gasteiger partial charge is 0.331 e. The first-order valence-corrected chi connectivity index (χ1v) is 7.23. The first-order chi connectivity index (χ1) is 11.2. The van der Waals surface area contributed by atoms with Gasteiger partial charge in [0.1, 0.15) is 25.0 Å². The minimum atomic E-state index is -1.07. The van der Waals surface area contributed by atoms with Crippen LogP contribution in [0.1, 0.15) is 18.0 Å². The van der Waals surface area contributed by atoms with E-state index in [0.29, 0.717) is 17.9 Å². The number of carbonyl (C=O) groups is 2. The van der Waals surface area contributed by atoms with Gasteiger partial charge < -0.3 is 14.7 Å². The quantitative estimate of drug-likeness (QED) is 0.892. The molecule has 0 bridgehead atoms. The molecule has 1 atom stereocenters. The van der Waals surface area contributed by atoms with E-state index >= 15 is 0 Å². The SMILES string of the molecule is O=C(O)C1c2ccccc2OCCN1C(=O)CCn1cncn1. The number of carbonyl (C=O) groups excluding carboxylic acids is 1. The lowest BCUT2D eigenvalue weighted by molar-refractivity contribution is -0.150. The summed E-state index contributed by atoms with van der Waals surface area (Å²) in [6, 6.07) is 5.87. The van der Waals surface area contributed by atoms with E-state index in [1.54, 1.807) is 24.3 Å². The highest BCUT2D eigenvalue weighted by atomic mass is 16.5. The average Bonchev–Trinajstić information content (AvgIpc) is 2.98. The fraction of sp³-hybridized carbons (Fsp3) is 0.333. The molecule has 120 valence electrons. The maximum atomic E-state index is 12.5. The number of amides is 1. The highest BCUT2D eigenvalue weighted by Gasteiger charge is 2.34. The molecular formula is C15H16N4O4. The first-order valence-electron chi connectivity index (χ1n) is 7.23. The van der Waals surface area contributed by atoms with E-state index in [4.69, 9.17) is 4.74 Å². The number of aliphatic carboxylic acids is 1. The fourth-order valence-corrected chi connectivity index (χ4v) is 2.63. The number of para-hydroxylation sites is 1. The molecule has 1 aromatic carbocycles. The molecule has 8 heteroatoms. The molecule has 1 aliphatic heterocycles. The summed E-state index contributed by atoms with van der Waals surface area (Å²) in [6.45, 7) is 0.835. The molecule has 1 N–H and O–H groups in total. The number of fused-ring (bicyclic) bond motifs is 1. The monoisotopic (exact) mass is 316 g/mol. The molecule has 8 nitrogen and oxygen atoms in total. The molecular weight excluding hydrogens is 300 g/mol. The first kappa shape index (κ1) is 15.0. The molecule has 2 aromatic rings. The number of carboxylic acids is 1. The van der Waals surface area contributed by atoms with E-state index in [1.165, 1.54) is 22.2 Å². The molecule has 1 amide bonds. The van der Waals surface area contributed by atoms with E-state index in [0.717, 1.165) is 0 Å². The fourth-order valence-electron chi connectivity index (χ4n) is 2.63. The van der Waals surface area contributed by atoms with Crippen LogP contribution in [-0.2, 0) is 16.1 Å². The number of carboxylic acid groups (broad SMARTS) is 1. The van der Waals surface area contributed by atoms with Gasteiger partial charge in [-0.1, -0.05) is 18.2 Å². The van der Waals surface area contributed by atoms with Gasteiger partial charge in [-0.15, -0.1) is 0 Å². The summed E-state index contributed by atoms with van der Waals surface area (Å²) >= 11 is 0. The maximum Gasteiger partial charge on any atom is 0.331 e. The third-order valence-corrected chi connectivity index (χ3v) is 3.69. The number of ether oxygens (including phenoxy) is 1. The number of benzene rings is 1. The van der Waals surface area contributed by atoms with Crippen molar-refractivity contribution in [2.24, 2.45) is 0 Å². The number of hydrogen-bond donors (Lipinski definition) is 1. The topological polar surface area (TPSA) is 97.6 Å². The summed E-state index contributed by atoms with van der Waals surface area (Å²) in [4.78, 5) is 29.4. The minimum Gasteiger partial charge on any atom is -0.491 e. The Bertz CT molecular complexity index is 701. The van der Waals surface area contributed by atoms with E-state index < -0.39 is 12.0 Å². The van der Waals surface area contributed by atoms with Crippen LogP contribution in [0.3, 0.4) is 0 Å². The van der Waals surface area contributed by atoms with E-state index in [9.17, 15) is 14.7 Å². The number of nitrogens with zero attached hydrogens (tertiary/aromatic N) is 4. The summed E-state index contributed by atoms with van der Waals surface area (Å²) in [6.07, 6.45) is 3.05. The van der Waals surface area contributed by atoms with Crippen LogP contribution in [0, 0.1) is 0 Å². The van der Waals surface area contributed by atoms with Crippen molar-refractivity contribution in [1.29, 1.82) is 0 Å². The highest BCUT2D eigenvalue weighted by Crippen LogP contribution is 2.32. The lowest BCUT2D eigenvalue weighted by atomic mass is 10.0. The van der Waals surface area contributed by atoms with Crippen molar-refractivity contribution in [3.63, 3.8) is 0 Å². The van der Waals surface area contributed by atoms with Crippen LogP contribution in [0.15, 0.2) is 36.9 Å². The van der Waals surface area contributed by atoms with E-state index in [2.05, 4.69) is 10.1 Å². The summed E-state index contributed by atoms with van der Waals surface area (Å²) in [5.41, 5.74) is 0.492. The van der Waals surface area contributed by atoms with Crippen LogP contribution < -0.4 is 4.74 Å². The Morgan fingerprint density at radius 2 is 2.17 bits per heavy atom. The van der Waals surface area contributed by atoms with Gasteiger partial charge in [0.05, 0.1) is 13.1 Å². The van der Waals surface area contributed by atoms with Crippen molar-refractivity contribution in [2.75, 3.05) is 13.2 Å². The second-order valence-corrected chi connectivity index (χ2v) is 5.12. The van der Waals surface area contributed by atoms with Gasteiger partial charge >= 0.3 is 5.97 Å². The van der Waals surface area contributed by atoms with Gasteiger partial charge in [0.15, 0.2) is 6.04 Å². The molecule has 0 radical (unpaired) electrons. The average molecular weight is 316 g/mol. The van der Waals surface area contributed by atoms with Crippen LogP contribution in [0.25, 0.3) is 0 Å². The van der Waals surface area contributed by atoms with Gasteiger partial charge in [-0.3, -0.25) is 9.48 Å². The standard InChI is InChI=1S/C15H16N4O4/c20-13(5-6-18-10-16-9-17-18)19-7-8-23-12-4-2-1-3-11(12)14(19)15(21)22/h1-4,9-10,14H,5-8H2,(H,21,22). The van der Waals surface area contributed by atoms with Crippen molar-refractivity contribution in [3.8, 4) is 5.75 Å². The van der Waals surface area contributed by atoms with Gasteiger partial charge in [-0.25, -0.2) is 9.78 Å². The number of hydrogen-bond acceptors (Lipinski definition) is 5. The molecule has 2 heterocycles. The minimum absolute atomic E-state index is 0.148. The molecule has 0 spiro atoms. The van der Waals surface area contributed by atoms with Gasteiger partial charge in [-0.05, 0) is 6.07 Å². The molecule has 23 heavy (non-hydrogen) atoms. The zero-order valence-corrected chi connectivity index (χ0v) is 12.3. The molecule has 0 saturated carbocycles. The van der Waals surface area contributed by atoms with Crippen molar-refractivity contribution in [3.05, 3.63) is 42.5 Å². The molecule has 0 fully saturated rings. The predicted octanol–water partition coefficient (Wildman–Crippen LogP) is 0.715. The third kappa shape index (κ3) is 3.15. The zero-order chi connectivity index (χ0) is 16.2. The lowest BCUT2D eigenvalue weighted by Crippen LogP contribution is -2.40. The summed E-state index contributed by atoms with van der Waals surface area (Å²) < 4.78 is 7.11. The van der Waals surface area contributed by atoms with Crippen LogP contribution in [0.5, 0.6) is 5.75 Å². The predicted molar refractivity (Wildman–Crippen MR) is 78.7 cm³/mol. The summed E-state index contributed by atoms with van der Waals surface area (Å²) in [7, 11) is 0. The number of aryl methyl sites for hydroxylation is 1. The van der Waals surface area contributed by atoms with Crippen LogP contribution in [0.2, 0.25) is 0 Å². The van der Waals surface area contributed by atoms with Crippen LogP contribution in [-0.4, -0.2) is 49.8 Å². The van der Waals surface area contributed by atoms with E-state index in [-0.39, 0.29) is 25.5 Å². The Morgan fingerprint density at radius 3 is 2.91 bits per heavy atom. The van der Waals surface area contributed by atoms with Gasteiger partial charge in [0, 0.05) is 12.0 Å². The second-order valence-electron chi connectivity index (χ2n) is 5.12. The zero-order valence-electron chi connectivity index (χ0n) is 12.3. The van der Waals surface area contributed by atoms with Crippen molar-refractivity contribution in [2.45, 2.75) is 19.0 Å². The van der Waals surface area contributed by atoms with Crippen molar-refractivity contribution in [1.82, 2.24) is 19.7 Å². The van der Waals surface area contributed by atoms with Gasteiger partial charge in [-0.2, -0.15) is 5.10 Å². The van der Waals surface area contributed by atoms with Gasteiger partial charge in [0.2, 0.25) is 5.91 Å². The molecule has 3 rings (SSSR count). The lowest BCUT2D eigenvalue weighted by Gasteiger charge is -2.26. The van der Waals surface area contributed by atoms with Crippen molar-refractivity contribution < 1.29 is 19.4 Å². The third-order valence-electron chi connectivity index (χ3n) is 3.69. The Balaban J connectivity index is 1.82. The largest absolute Gasteiger partial charge is 0.491 e. The molecule has 0 aliphatic carbocycles. The van der Waals surface area contributed by atoms with Crippen molar-refractivity contribution >= 4 is 11.9 Å². The van der Waals surface area contributed by atoms with Gasteiger partial charge in [0.25, 0.3) is 0 Å². The molecule has 1 unspecified atom stereocenters. The Hall–Kier alpha value is -2.90. The molecule has 1 aliphatic rings. The Morgan fingerprint density at radius 1 is 1.35 bits per heavy atom. The van der Waals surface area contributed by atoms with E-state index in [1.807, 2.05) is 0 Å². The molecule has 0 saturated heterocycles. The Labute approximate surface area is 132 Å². The summed E-state index contributed by atoms with van der Waals surface area (Å²) in [5.74, 6) is -0.822. The summed E-state index contributed by atoms with van der Waals surface area (Å²) in [5, 5.41) is 13.5. The normalized spacial score (nSPS) is 17.0. The number of aromatic nitrogens is 3. The Kier molecular flexibility index (Phi) is 4.22. The maximum absolute atomic E-state index is 12.5. The molecule has 1 aromatic heterocycles. The van der Waals surface area contributed by atoms with Crippen LogP contribution in [0.4, 0.5) is 0 Å². The number of rotatable bonds is 4.